The summed E-state index contributed by atoms with van der Waals surface area (Å²) in [7, 11) is 0. The number of hydrogen-bond acceptors (Lipinski definition) is 1. The van der Waals surface area contributed by atoms with Crippen LogP contribution >= 0.6 is 0 Å². The van der Waals surface area contributed by atoms with E-state index in [1.165, 1.54) is 0 Å². The maximum Gasteiger partial charge on any atom is 0.126 e. The molecule has 57 valence electrons. The van der Waals surface area contributed by atoms with Gasteiger partial charge in [0.25, 0.3) is 0 Å². The molecule has 0 unspecified atom stereocenters. The Morgan fingerprint density at radius 2 is 2.18 bits per heavy atom. The van der Waals surface area contributed by atoms with Crippen molar-refractivity contribution in [2.24, 2.45) is 0 Å². The fourth-order valence-electron chi connectivity index (χ4n) is 0.673. The molecule has 0 saturated heterocycles. The first-order valence-electron chi connectivity index (χ1n) is 3.71. The van der Waals surface area contributed by atoms with E-state index in [1.54, 1.807) is 6.26 Å². The molecule has 1 rings (SSSR count). The summed E-state index contributed by atoms with van der Waals surface area (Å²) in [6.45, 7) is 2.07. The molecule has 1 nitrogen and oxygen atoms in total. The van der Waals surface area contributed by atoms with Gasteiger partial charge in [-0.2, -0.15) is 0 Å². The highest BCUT2D eigenvalue weighted by Crippen LogP contribution is 2.07. The van der Waals surface area contributed by atoms with Crippen LogP contribution in [-0.4, -0.2) is 0 Å². The van der Waals surface area contributed by atoms with Crippen molar-refractivity contribution >= 4 is 0 Å². The van der Waals surface area contributed by atoms with Gasteiger partial charge in [0, 0.05) is 0 Å². The molecule has 0 aliphatic rings. The zero-order valence-electron chi connectivity index (χ0n) is 6.58. The van der Waals surface area contributed by atoms with Crippen molar-refractivity contribution in [1.82, 2.24) is 0 Å². The standard InChI is InChI=1S/C10H11O/c1-2-3-9-11-10-7-5-4-6-8-10/h3,5-9H,2H2,1H3/b9-3+. The maximum atomic E-state index is 5.25. The third-order valence-electron chi connectivity index (χ3n) is 1.22. The van der Waals surface area contributed by atoms with Gasteiger partial charge < -0.3 is 4.74 Å². The highest BCUT2D eigenvalue weighted by atomic mass is 16.5. The first kappa shape index (κ1) is 7.86. The van der Waals surface area contributed by atoms with Crippen molar-refractivity contribution in [3.05, 3.63) is 42.7 Å². The van der Waals surface area contributed by atoms with E-state index in [0.717, 1.165) is 12.2 Å². The molecule has 0 bridgehead atoms. The summed E-state index contributed by atoms with van der Waals surface area (Å²) in [6.07, 6.45) is 4.67. The monoisotopic (exact) mass is 147 g/mol. The Morgan fingerprint density at radius 1 is 1.45 bits per heavy atom. The molecule has 0 aliphatic carbocycles. The van der Waals surface area contributed by atoms with Gasteiger partial charge in [0.15, 0.2) is 0 Å². The number of hydrogen-bond donors (Lipinski definition) is 0. The Balaban J connectivity index is 2.45. The minimum Gasteiger partial charge on any atom is -0.465 e. The van der Waals surface area contributed by atoms with E-state index in [1.807, 2.05) is 30.3 Å². The van der Waals surface area contributed by atoms with E-state index < -0.39 is 0 Å². The van der Waals surface area contributed by atoms with Crippen molar-refractivity contribution in [1.29, 1.82) is 0 Å². The Bertz CT molecular complexity index is 214. The number of benzene rings is 1. The van der Waals surface area contributed by atoms with Crippen molar-refractivity contribution in [3.63, 3.8) is 0 Å². The lowest BCUT2D eigenvalue weighted by Crippen LogP contribution is -1.79. The lowest BCUT2D eigenvalue weighted by atomic mass is 10.3. The van der Waals surface area contributed by atoms with E-state index >= 15 is 0 Å². The molecule has 1 aromatic rings. The van der Waals surface area contributed by atoms with Crippen molar-refractivity contribution < 1.29 is 4.74 Å². The molecule has 0 atom stereocenters. The molecule has 1 aromatic carbocycles. The maximum absolute atomic E-state index is 5.25. The van der Waals surface area contributed by atoms with Gasteiger partial charge in [0.05, 0.1) is 6.26 Å². The van der Waals surface area contributed by atoms with E-state index in [0.29, 0.717) is 0 Å². The predicted molar refractivity (Wildman–Crippen MR) is 45.3 cm³/mol. The van der Waals surface area contributed by atoms with Gasteiger partial charge in [-0.3, -0.25) is 0 Å². The number of ether oxygens (including phenoxy) is 1. The largest absolute Gasteiger partial charge is 0.465 e. The minimum absolute atomic E-state index is 0.855. The third kappa shape index (κ3) is 2.89. The number of allylic oxidation sites excluding steroid dienone is 1. The molecule has 11 heavy (non-hydrogen) atoms. The van der Waals surface area contributed by atoms with Gasteiger partial charge in [0.2, 0.25) is 0 Å². The topological polar surface area (TPSA) is 9.23 Å². The summed E-state index contributed by atoms with van der Waals surface area (Å²) in [5, 5.41) is 0. The molecule has 1 heteroatoms. The van der Waals surface area contributed by atoms with Crippen LogP contribution in [0.1, 0.15) is 13.3 Å². The molecule has 1 radical (unpaired) electrons. The van der Waals surface area contributed by atoms with Gasteiger partial charge in [-0.25, -0.2) is 0 Å². The molecule has 0 heterocycles. The highest BCUT2D eigenvalue weighted by molar-refractivity contribution is 5.21. The van der Waals surface area contributed by atoms with Crippen LogP contribution < -0.4 is 4.74 Å². The number of rotatable bonds is 3. The molecule has 0 spiro atoms. The zero-order chi connectivity index (χ0) is 7.94. The smallest absolute Gasteiger partial charge is 0.126 e. The molecule has 0 saturated carbocycles. The lowest BCUT2D eigenvalue weighted by molar-refractivity contribution is 0.479. The molecule has 0 N–H and O–H groups in total. The van der Waals surface area contributed by atoms with E-state index in [-0.39, 0.29) is 0 Å². The fraction of sp³-hybridized carbons (Fsp3) is 0.200. The first-order chi connectivity index (χ1) is 5.43. The summed E-state index contributed by atoms with van der Waals surface area (Å²) in [4.78, 5) is 0. The summed E-state index contributed by atoms with van der Waals surface area (Å²) in [6, 6.07) is 10.3. The molecule has 0 fully saturated rings. The predicted octanol–water partition coefficient (Wildman–Crippen LogP) is 2.79. The van der Waals surface area contributed by atoms with E-state index in [4.69, 9.17) is 4.74 Å². The van der Waals surface area contributed by atoms with Crippen LogP contribution in [0.4, 0.5) is 0 Å². The van der Waals surface area contributed by atoms with Gasteiger partial charge in [-0.05, 0) is 30.7 Å². The molecule has 0 aliphatic heterocycles. The molecular formula is C10H11O. The normalized spacial score (nSPS) is 10.3. The highest BCUT2D eigenvalue weighted by Gasteiger charge is 1.84. The Kier molecular flexibility index (Phi) is 3.26. The lowest BCUT2D eigenvalue weighted by Gasteiger charge is -1.96. The quantitative estimate of drug-likeness (QED) is 0.597. The van der Waals surface area contributed by atoms with Crippen LogP contribution in [0.2, 0.25) is 0 Å². The van der Waals surface area contributed by atoms with Gasteiger partial charge in [0.1, 0.15) is 5.75 Å². The van der Waals surface area contributed by atoms with Crippen molar-refractivity contribution in [2.45, 2.75) is 13.3 Å². The van der Waals surface area contributed by atoms with Crippen LogP contribution in [0.15, 0.2) is 36.6 Å². The molecule has 0 amide bonds. The second-order valence-electron chi connectivity index (χ2n) is 2.13. The van der Waals surface area contributed by atoms with Gasteiger partial charge in [-0.15, -0.1) is 0 Å². The minimum atomic E-state index is 0.855. The van der Waals surface area contributed by atoms with Crippen molar-refractivity contribution in [3.8, 4) is 5.75 Å². The Hall–Kier alpha value is -1.24. The van der Waals surface area contributed by atoms with Gasteiger partial charge >= 0.3 is 0 Å². The van der Waals surface area contributed by atoms with Crippen molar-refractivity contribution in [2.75, 3.05) is 0 Å². The first-order valence-corrected chi connectivity index (χ1v) is 3.71. The van der Waals surface area contributed by atoms with Crippen LogP contribution in [0, 0.1) is 6.07 Å². The van der Waals surface area contributed by atoms with E-state index in [2.05, 4.69) is 13.0 Å². The summed E-state index contributed by atoms with van der Waals surface area (Å²) in [5.74, 6) is 0.855. The molecule has 0 aromatic heterocycles. The second kappa shape index (κ2) is 4.56. The summed E-state index contributed by atoms with van der Waals surface area (Å²) >= 11 is 0. The van der Waals surface area contributed by atoms with E-state index in [9.17, 15) is 0 Å². The Morgan fingerprint density at radius 3 is 2.82 bits per heavy atom. The SMILES string of the molecule is CC/C=C/Oc1cc[c]cc1. The Labute approximate surface area is 67.3 Å². The molecular weight excluding hydrogens is 136 g/mol. The zero-order valence-corrected chi connectivity index (χ0v) is 6.58. The van der Waals surface area contributed by atoms with Gasteiger partial charge in [-0.1, -0.05) is 19.1 Å². The second-order valence-corrected chi connectivity index (χ2v) is 2.13. The summed E-state index contributed by atoms with van der Waals surface area (Å²) < 4.78 is 5.25. The summed E-state index contributed by atoms with van der Waals surface area (Å²) in [5.41, 5.74) is 0. The van der Waals surface area contributed by atoms with Crippen LogP contribution in [-0.2, 0) is 0 Å². The average molecular weight is 147 g/mol. The van der Waals surface area contributed by atoms with Crippen LogP contribution in [0.25, 0.3) is 0 Å². The third-order valence-corrected chi connectivity index (χ3v) is 1.22. The van der Waals surface area contributed by atoms with Crippen LogP contribution in [0.5, 0.6) is 5.75 Å². The van der Waals surface area contributed by atoms with Crippen LogP contribution in [0.3, 0.4) is 0 Å². The fourth-order valence-corrected chi connectivity index (χ4v) is 0.673. The average Bonchev–Trinajstić information content (AvgIpc) is 2.07.